The number of rotatable bonds is 7. The van der Waals surface area contributed by atoms with E-state index in [-0.39, 0.29) is 5.82 Å². The van der Waals surface area contributed by atoms with Crippen LogP contribution in [0.2, 0.25) is 0 Å². The Labute approximate surface area is 168 Å². The lowest BCUT2D eigenvalue weighted by atomic mass is 10.1. The van der Waals surface area contributed by atoms with Crippen LogP contribution in [0.1, 0.15) is 21.6 Å². The van der Waals surface area contributed by atoms with Gasteiger partial charge in [-0.2, -0.15) is 0 Å². The molecule has 2 N–H and O–H groups in total. The molecule has 1 aromatic heterocycles. The Morgan fingerprint density at radius 1 is 1.00 bits per heavy atom. The van der Waals surface area contributed by atoms with Crippen LogP contribution in [0.4, 0.5) is 4.39 Å². The number of aromatic nitrogens is 1. The molecular weight excluding hydrogens is 375 g/mol. The van der Waals surface area contributed by atoms with Crippen LogP contribution >= 0.6 is 0 Å². The number of ether oxygens (including phenoxy) is 3. The van der Waals surface area contributed by atoms with Gasteiger partial charge in [0.25, 0.3) is 5.91 Å². The van der Waals surface area contributed by atoms with Crippen molar-refractivity contribution in [1.82, 2.24) is 4.57 Å². The smallest absolute Gasteiger partial charge is 0.250 e. The first-order chi connectivity index (χ1) is 13.9. The van der Waals surface area contributed by atoms with E-state index in [1.54, 1.807) is 39.5 Å². The summed E-state index contributed by atoms with van der Waals surface area (Å²) >= 11 is 0. The van der Waals surface area contributed by atoms with Crippen molar-refractivity contribution >= 4 is 5.91 Å². The summed E-state index contributed by atoms with van der Waals surface area (Å²) in [5.74, 6) is 0.715. The SMILES string of the molecule is COc1cc(Cn2c(-c3ccc(F)cc3)cc(C(N)=O)c2C)cc(OC)c1OC. The summed E-state index contributed by atoms with van der Waals surface area (Å²) in [6.07, 6.45) is 0. The minimum absolute atomic E-state index is 0.330. The number of methoxy groups -OCH3 is 3. The van der Waals surface area contributed by atoms with Crippen molar-refractivity contribution in [3.05, 3.63) is 65.1 Å². The Morgan fingerprint density at radius 3 is 2.07 bits per heavy atom. The van der Waals surface area contributed by atoms with Gasteiger partial charge in [0.15, 0.2) is 11.5 Å². The van der Waals surface area contributed by atoms with Gasteiger partial charge in [0.2, 0.25) is 5.75 Å². The van der Waals surface area contributed by atoms with Gasteiger partial charge < -0.3 is 24.5 Å². The second kappa shape index (κ2) is 8.26. The first kappa shape index (κ1) is 20.3. The van der Waals surface area contributed by atoms with E-state index >= 15 is 0 Å². The number of carbonyl (C=O) groups excluding carboxylic acids is 1. The summed E-state index contributed by atoms with van der Waals surface area (Å²) in [6.45, 7) is 2.24. The number of amides is 1. The summed E-state index contributed by atoms with van der Waals surface area (Å²) < 4.78 is 31.6. The molecule has 29 heavy (non-hydrogen) atoms. The van der Waals surface area contributed by atoms with Crippen molar-refractivity contribution in [2.24, 2.45) is 5.73 Å². The standard InChI is InChI=1S/C22H23FN2O4/c1-13-17(22(24)26)11-18(15-5-7-16(23)8-6-15)25(13)12-14-9-19(27-2)21(29-4)20(10-14)28-3/h5-11H,12H2,1-4H3,(H2,24,26). The van der Waals surface area contributed by atoms with Gasteiger partial charge in [-0.25, -0.2) is 4.39 Å². The van der Waals surface area contributed by atoms with Crippen molar-refractivity contribution in [3.63, 3.8) is 0 Å². The van der Waals surface area contributed by atoms with Crippen molar-refractivity contribution in [3.8, 4) is 28.5 Å². The maximum absolute atomic E-state index is 13.4. The molecule has 0 bridgehead atoms. The minimum Gasteiger partial charge on any atom is -0.493 e. The molecule has 0 spiro atoms. The van der Waals surface area contributed by atoms with Gasteiger partial charge in [0, 0.05) is 17.9 Å². The van der Waals surface area contributed by atoms with Gasteiger partial charge in [-0.3, -0.25) is 4.79 Å². The molecule has 0 atom stereocenters. The summed E-state index contributed by atoms with van der Waals surface area (Å²) in [5, 5.41) is 0. The predicted molar refractivity (Wildman–Crippen MR) is 108 cm³/mol. The van der Waals surface area contributed by atoms with Crippen molar-refractivity contribution in [2.45, 2.75) is 13.5 Å². The maximum Gasteiger partial charge on any atom is 0.250 e. The van der Waals surface area contributed by atoms with Crippen LogP contribution in [-0.4, -0.2) is 31.8 Å². The number of halogens is 1. The molecule has 0 saturated carbocycles. The number of hydrogen-bond donors (Lipinski definition) is 1. The van der Waals surface area contributed by atoms with Gasteiger partial charge in [-0.1, -0.05) is 0 Å². The van der Waals surface area contributed by atoms with E-state index in [1.807, 2.05) is 23.6 Å². The fourth-order valence-electron chi connectivity index (χ4n) is 3.37. The summed E-state index contributed by atoms with van der Waals surface area (Å²) in [6, 6.07) is 11.5. The van der Waals surface area contributed by atoms with Crippen molar-refractivity contribution < 1.29 is 23.4 Å². The maximum atomic E-state index is 13.4. The first-order valence-corrected chi connectivity index (χ1v) is 8.94. The van der Waals surface area contributed by atoms with E-state index in [4.69, 9.17) is 19.9 Å². The van der Waals surface area contributed by atoms with Gasteiger partial charge in [0.05, 0.1) is 26.9 Å². The van der Waals surface area contributed by atoms with E-state index < -0.39 is 5.91 Å². The van der Waals surface area contributed by atoms with Gasteiger partial charge >= 0.3 is 0 Å². The Kier molecular flexibility index (Phi) is 5.77. The summed E-state index contributed by atoms with van der Waals surface area (Å²) in [5.41, 5.74) is 9.08. The molecule has 7 heteroatoms. The molecule has 1 heterocycles. The monoisotopic (exact) mass is 398 g/mol. The zero-order valence-electron chi connectivity index (χ0n) is 16.8. The van der Waals surface area contributed by atoms with E-state index in [9.17, 15) is 9.18 Å². The fraction of sp³-hybridized carbons (Fsp3) is 0.227. The third-order valence-corrected chi connectivity index (χ3v) is 4.84. The van der Waals surface area contributed by atoms with E-state index in [2.05, 4.69) is 0 Å². The van der Waals surface area contributed by atoms with Gasteiger partial charge in [0.1, 0.15) is 5.82 Å². The number of hydrogen-bond acceptors (Lipinski definition) is 4. The highest BCUT2D eigenvalue weighted by Gasteiger charge is 2.19. The molecule has 1 amide bonds. The van der Waals surface area contributed by atoms with Crippen LogP contribution in [0.15, 0.2) is 42.5 Å². The summed E-state index contributed by atoms with van der Waals surface area (Å²) in [7, 11) is 4.65. The molecule has 3 aromatic rings. The lowest BCUT2D eigenvalue weighted by molar-refractivity contribution is 0.0999. The third kappa shape index (κ3) is 3.89. The minimum atomic E-state index is -0.519. The number of benzene rings is 2. The molecule has 0 radical (unpaired) electrons. The number of carbonyl (C=O) groups is 1. The zero-order valence-corrected chi connectivity index (χ0v) is 16.8. The lowest BCUT2D eigenvalue weighted by Crippen LogP contribution is -2.13. The zero-order chi connectivity index (χ0) is 21.1. The van der Waals surface area contributed by atoms with Crippen LogP contribution in [-0.2, 0) is 6.54 Å². The molecule has 0 aliphatic rings. The topological polar surface area (TPSA) is 75.7 Å². The quantitative estimate of drug-likeness (QED) is 0.657. The van der Waals surface area contributed by atoms with Crippen LogP contribution in [0.3, 0.4) is 0 Å². The van der Waals surface area contributed by atoms with Crippen LogP contribution < -0.4 is 19.9 Å². The van der Waals surface area contributed by atoms with Crippen molar-refractivity contribution in [2.75, 3.05) is 21.3 Å². The molecule has 0 aliphatic carbocycles. The Bertz CT molecular complexity index is 1020. The highest BCUT2D eigenvalue weighted by Crippen LogP contribution is 2.39. The Morgan fingerprint density at radius 2 is 1.59 bits per heavy atom. The Balaban J connectivity index is 2.14. The number of nitrogens with two attached hydrogens (primary N) is 1. The fourth-order valence-corrected chi connectivity index (χ4v) is 3.37. The van der Waals surface area contributed by atoms with Crippen LogP contribution in [0.25, 0.3) is 11.3 Å². The number of nitrogens with zero attached hydrogens (tertiary/aromatic N) is 1. The van der Waals surface area contributed by atoms with Gasteiger partial charge in [-0.15, -0.1) is 0 Å². The van der Waals surface area contributed by atoms with E-state index in [1.165, 1.54) is 12.1 Å². The van der Waals surface area contributed by atoms with E-state index in [0.29, 0.717) is 35.1 Å². The molecular formula is C22H23FN2O4. The van der Waals surface area contributed by atoms with E-state index in [0.717, 1.165) is 16.8 Å². The third-order valence-electron chi connectivity index (χ3n) is 4.84. The van der Waals surface area contributed by atoms with Crippen LogP contribution in [0.5, 0.6) is 17.2 Å². The number of primary amides is 1. The van der Waals surface area contributed by atoms with Crippen molar-refractivity contribution in [1.29, 1.82) is 0 Å². The average molecular weight is 398 g/mol. The van der Waals surface area contributed by atoms with Crippen LogP contribution in [0, 0.1) is 12.7 Å². The highest BCUT2D eigenvalue weighted by atomic mass is 19.1. The second-order valence-electron chi connectivity index (χ2n) is 6.52. The Hall–Kier alpha value is -3.48. The molecule has 6 nitrogen and oxygen atoms in total. The average Bonchev–Trinajstić information content (AvgIpc) is 3.04. The van der Waals surface area contributed by atoms with Gasteiger partial charge in [-0.05, 0) is 60.5 Å². The second-order valence-corrected chi connectivity index (χ2v) is 6.52. The molecule has 2 aromatic carbocycles. The first-order valence-electron chi connectivity index (χ1n) is 8.94. The largest absolute Gasteiger partial charge is 0.493 e. The summed E-state index contributed by atoms with van der Waals surface area (Å²) in [4.78, 5) is 11.9. The molecule has 0 fully saturated rings. The molecule has 0 unspecified atom stereocenters. The molecule has 0 aliphatic heterocycles. The molecule has 152 valence electrons. The predicted octanol–water partition coefficient (Wildman–Crippen LogP) is 3.78. The molecule has 3 rings (SSSR count). The highest BCUT2D eigenvalue weighted by molar-refractivity contribution is 5.95. The molecule has 0 saturated heterocycles. The lowest BCUT2D eigenvalue weighted by Gasteiger charge is -2.17. The normalized spacial score (nSPS) is 10.7.